The van der Waals surface area contributed by atoms with Gasteiger partial charge in [-0.25, -0.2) is 4.39 Å². The van der Waals surface area contributed by atoms with E-state index in [0.717, 1.165) is 5.69 Å². The summed E-state index contributed by atoms with van der Waals surface area (Å²) in [6, 6.07) is 2.83. The van der Waals surface area contributed by atoms with Gasteiger partial charge in [0.25, 0.3) is 0 Å². The molecule has 0 N–H and O–H groups in total. The smallest absolute Gasteiger partial charge is 0.244 e. The molecule has 1 aliphatic heterocycles. The number of ether oxygens (including phenoxy) is 1. The molecule has 0 saturated carbocycles. The number of aromatic nitrogens is 4. The molecule has 0 atom stereocenters. The highest BCUT2D eigenvalue weighted by Crippen LogP contribution is 2.32. The van der Waals surface area contributed by atoms with Crippen LogP contribution in [0.1, 0.15) is 17.2 Å². The average Bonchev–Trinajstić information content (AvgIpc) is 3.42. The molecule has 0 spiro atoms. The Bertz CT molecular complexity index is 1130. The summed E-state index contributed by atoms with van der Waals surface area (Å²) in [7, 11) is 1.49. The maximum atomic E-state index is 14.4. The van der Waals surface area contributed by atoms with Crippen LogP contribution >= 0.6 is 23.2 Å². The van der Waals surface area contributed by atoms with Crippen LogP contribution in [-0.2, 0) is 24.2 Å². The van der Waals surface area contributed by atoms with Gasteiger partial charge in [-0.05, 0) is 13.0 Å². The number of hydrogen-bond donors (Lipinski definition) is 0. The number of benzene rings is 1. The second-order valence-electron chi connectivity index (χ2n) is 7.66. The number of rotatable bonds is 7. The lowest BCUT2D eigenvalue weighted by atomic mass is 10.2. The van der Waals surface area contributed by atoms with E-state index in [1.165, 1.54) is 19.6 Å². The first kappa shape index (κ1) is 23.3. The molecular weight excluding hydrogens is 474 g/mol. The second-order valence-corrected chi connectivity index (χ2v) is 8.44. The largest absolute Gasteiger partial charge is 0.495 e. The molecular formula is C21H23Cl2FN6O3. The van der Waals surface area contributed by atoms with Crippen LogP contribution in [0.5, 0.6) is 5.75 Å². The summed E-state index contributed by atoms with van der Waals surface area (Å²) in [6.45, 7) is 3.81. The summed E-state index contributed by atoms with van der Waals surface area (Å²) < 4.78 is 26.0. The molecule has 0 unspecified atom stereocenters. The van der Waals surface area contributed by atoms with Gasteiger partial charge in [0.15, 0.2) is 5.82 Å². The zero-order valence-corrected chi connectivity index (χ0v) is 19.7. The van der Waals surface area contributed by atoms with Crippen molar-refractivity contribution in [2.24, 2.45) is 0 Å². The Hall–Kier alpha value is -2.85. The van der Waals surface area contributed by atoms with Crippen molar-refractivity contribution in [3.05, 3.63) is 51.6 Å². The van der Waals surface area contributed by atoms with Crippen LogP contribution in [0, 0.1) is 12.7 Å². The minimum atomic E-state index is -0.421. The zero-order chi connectivity index (χ0) is 23.5. The number of halogens is 3. The third-order valence-electron chi connectivity index (χ3n) is 5.67. The number of carbonyl (C=O) groups is 1. The van der Waals surface area contributed by atoms with Crippen LogP contribution in [0.25, 0.3) is 0 Å². The number of methoxy groups -OCH3 is 1. The molecule has 176 valence electrons. The third kappa shape index (κ3) is 5.06. The van der Waals surface area contributed by atoms with Crippen LogP contribution in [0.2, 0.25) is 10.0 Å². The maximum absolute atomic E-state index is 14.4. The highest BCUT2D eigenvalue weighted by molar-refractivity contribution is 6.32. The van der Waals surface area contributed by atoms with E-state index < -0.39 is 5.82 Å². The average molecular weight is 497 g/mol. The predicted octanol–water partition coefficient (Wildman–Crippen LogP) is 3.16. The van der Waals surface area contributed by atoms with Crippen molar-refractivity contribution in [1.29, 1.82) is 0 Å². The summed E-state index contributed by atoms with van der Waals surface area (Å²) in [5.41, 5.74) is 1.81. The summed E-state index contributed by atoms with van der Waals surface area (Å²) in [4.78, 5) is 20.5. The molecule has 2 aromatic heterocycles. The van der Waals surface area contributed by atoms with Crippen LogP contribution in [-0.4, -0.2) is 64.0 Å². The van der Waals surface area contributed by atoms with E-state index in [4.69, 9.17) is 32.5 Å². The summed E-state index contributed by atoms with van der Waals surface area (Å²) >= 11 is 12.4. The van der Waals surface area contributed by atoms with Gasteiger partial charge in [0.1, 0.15) is 18.1 Å². The summed E-state index contributed by atoms with van der Waals surface area (Å²) in [6.07, 6.45) is 2.35. The molecule has 1 aliphatic rings. The Kier molecular flexibility index (Phi) is 7.04. The van der Waals surface area contributed by atoms with Gasteiger partial charge in [-0.15, -0.1) is 0 Å². The summed E-state index contributed by atoms with van der Waals surface area (Å²) in [5, 5.41) is 9.04. The Labute approximate surface area is 200 Å². The van der Waals surface area contributed by atoms with Crippen molar-refractivity contribution in [2.45, 2.75) is 26.3 Å². The minimum Gasteiger partial charge on any atom is -0.495 e. The van der Waals surface area contributed by atoms with Gasteiger partial charge in [-0.3, -0.25) is 9.48 Å². The minimum absolute atomic E-state index is 0.0733. The van der Waals surface area contributed by atoms with Crippen molar-refractivity contribution in [3.8, 4) is 5.75 Å². The highest BCUT2D eigenvalue weighted by Gasteiger charge is 2.25. The molecule has 12 heteroatoms. The first-order chi connectivity index (χ1) is 15.9. The molecule has 9 nitrogen and oxygen atoms in total. The Morgan fingerprint density at radius 1 is 1.21 bits per heavy atom. The number of aryl methyl sites for hydroxylation is 2. The topological polar surface area (TPSA) is 89.5 Å². The van der Waals surface area contributed by atoms with Crippen molar-refractivity contribution in [1.82, 2.24) is 24.8 Å². The zero-order valence-electron chi connectivity index (χ0n) is 18.2. The Morgan fingerprint density at radius 3 is 2.64 bits per heavy atom. The number of nitrogens with zero attached hydrogens (tertiary/aromatic N) is 6. The SMILES string of the molecule is COc1cc(N2CCN(C(=O)Cn3nc(CCc4ncon4)c(Cl)c3C)CC2)c(F)cc1Cl. The van der Waals surface area contributed by atoms with E-state index in [9.17, 15) is 9.18 Å². The number of amides is 1. The molecule has 3 aromatic rings. The van der Waals surface area contributed by atoms with Gasteiger partial charge in [0, 0.05) is 45.1 Å². The van der Waals surface area contributed by atoms with Gasteiger partial charge in [-0.1, -0.05) is 28.4 Å². The molecule has 1 amide bonds. The van der Waals surface area contributed by atoms with Crippen molar-refractivity contribution >= 4 is 34.8 Å². The van der Waals surface area contributed by atoms with Gasteiger partial charge >= 0.3 is 0 Å². The number of carbonyl (C=O) groups excluding carboxylic acids is 1. The number of hydrogen-bond acceptors (Lipinski definition) is 7. The van der Waals surface area contributed by atoms with E-state index in [-0.39, 0.29) is 17.5 Å². The predicted molar refractivity (Wildman–Crippen MR) is 120 cm³/mol. The molecule has 4 rings (SSSR count). The van der Waals surface area contributed by atoms with Gasteiger partial charge in [0.05, 0.1) is 34.2 Å². The summed E-state index contributed by atoms with van der Waals surface area (Å²) in [5.74, 6) is 0.487. The molecule has 0 aliphatic carbocycles. The fourth-order valence-electron chi connectivity index (χ4n) is 3.78. The monoisotopic (exact) mass is 496 g/mol. The molecule has 0 bridgehead atoms. The lowest BCUT2D eigenvalue weighted by Gasteiger charge is -2.36. The van der Waals surface area contributed by atoms with Gasteiger partial charge in [0.2, 0.25) is 12.3 Å². The number of piperazine rings is 1. The van der Waals surface area contributed by atoms with E-state index >= 15 is 0 Å². The van der Waals surface area contributed by atoms with E-state index in [1.807, 2.05) is 11.8 Å². The molecule has 1 aromatic carbocycles. The first-order valence-corrected chi connectivity index (χ1v) is 11.2. The van der Waals surface area contributed by atoms with Crippen molar-refractivity contribution in [2.75, 3.05) is 38.2 Å². The van der Waals surface area contributed by atoms with Gasteiger partial charge in [-0.2, -0.15) is 10.1 Å². The number of anilines is 1. The van der Waals surface area contributed by atoms with Crippen LogP contribution in [0.4, 0.5) is 10.1 Å². The second kappa shape index (κ2) is 9.96. The fraction of sp³-hybridized carbons (Fsp3) is 0.429. The van der Waals surface area contributed by atoms with E-state index in [2.05, 4.69) is 15.2 Å². The standard InChI is InChI=1S/C21H23Cl2FN6O3/c1-13-21(23)16(3-4-19-25-12-33-27-19)26-30(13)11-20(31)29-7-5-28(6-8-29)17-10-18(32-2)14(22)9-15(17)24/h9-10,12H,3-8,11H2,1-2H3. The lowest BCUT2D eigenvalue weighted by Crippen LogP contribution is -2.50. The Morgan fingerprint density at radius 2 is 1.97 bits per heavy atom. The fourth-order valence-corrected chi connectivity index (χ4v) is 4.23. The van der Waals surface area contributed by atoms with E-state index in [0.29, 0.717) is 67.0 Å². The quantitative estimate of drug-likeness (QED) is 0.496. The Balaban J connectivity index is 1.36. The lowest BCUT2D eigenvalue weighted by molar-refractivity contribution is -0.132. The van der Waals surface area contributed by atoms with E-state index in [1.54, 1.807) is 15.6 Å². The first-order valence-electron chi connectivity index (χ1n) is 10.4. The molecule has 1 fully saturated rings. The maximum Gasteiger partial charge on any atom is 0.244 e. The van der Waals surface area contributed by atoms with Crippen LogP contribution in [0.15, 0.2) is 23.0 Å². The van der Waals surface area contributed by atoms with Crippen LogP contribution < -0.4 is 9.64 Å². The highest BCUT2D eigenvalue weighted by atomic mass is 35.5. The van der Waals surface area contributed by atoms with Crippen molar-refractivity contribution in [3.63, 3.8) is 0 Å². The van der Waals surface area contributed by atoms with Crippen molar-refractivity contribution < 1.29 is 18.4 Å². The normalized spacial score (nSPS) is 14.1. The van der Waals surface area contributed by atoms with Gasteiger partial charge < -0.3 is 19.1 Å². The molecule has 3 heterocycles. The van der Waals surface area contributed by atoms with Crippen LogP contribution in [0.3, 0.4) is 0 Å². The third-order valence-corrected chi connectivity index (χ3v) is 6.46. The molecule has 1 saturated heterocycles. The molecule has 33 heavy (non-hydrogen) atoms. The molecule has 0 radical (unpaired) electrons.